The summed E-state index contributed by atoms with van der Waals surface area (Å²) in [6.07, 6.45) is 5.07. The number of hydrogen-bond acceptors (Lipinski definition) is 3. The minimum Gasteiger partial charge on any atom is -0.441 e. The molecular formula is C15H17FN2O. The average Bonchev–Trinajstić information content (AvgIpc) is 3.07. The van der Waals surface area contributed by atoms with Gasteiger partial charge in [-0.2, -0.15) is 0 Å². The van der Waals surface area contributed by atoms with Gasteiger partial charge in [0.1, 0.15) is 5.82 Å². The highest BCUT2D eigenvalue weighted by Crippen LogP contribution is 2.25. The van der Waals surface area contributed by atoms with Gasteiger partial charge >= 0.3 is 0 Å². The predicted octanol–water partition coefficient (Wildman–Crippen LogP) is 3.08. The zero-order valence-electron chi connectivity index (χ0n) is 10.9. The lowest BCUT2D eigenvalue weighted by atomic mass is 10.1. The number of nitrogens with one attached hydrogen (secondary N) is 1. The zero-order chi connectivity index (χ0) is 13.2. The van der Waals surface area contributed by atoms with Crippen LogP contribution in [0, 0.1) is 12.7 Å². The number of rotatable bonds is 5. The first-order chi connectivity index (χ1) is 9.22. The lowest BCUT2D eigenvalue weighted by Crippen LogP contribution is -2.19. The molecule has 4 heteroatoms. The standard InChI is InChI=1S/C15H17FN2O/c1-10-8-11(16)2-5-13(10)14-9-18-15(19-14)6-7-17-12-3-4-12/h2,5,8-9,12,17H,3-4,6-7H2,1H3. The SMILES string of the molecule is Cc1cc(F)ccc1-c1cnc(CCNC2CC2)o1. The van der Waals surface area contributed by atoms with Crippen molar-refractivity contribution in [2.45, 2.75) is 32.2 Å². The van der Waals surface area contributed by atoms with E-state index in [4.69, 9.17) is 4.42 Å². The van der Waals surface area contributed by atoms with Crippen molar-refractivity contribution in [3.8, 4) is 11.3 Å². The van der Waals surface area contributed by atoms with Crippen LogP contribution in [-0.4, -0.2) is 17.6 Å². The van der Waals surface area contributed by atoms with E-state index in [1.54, 1.807) is 12.3 Å². The van der Waals surface area contributed by atoms with Gasteiger partial charge in [0.25, 0.3) is 0 Å². The van der Waals surface area contributed by atoms with Crippen LogP contribution < -0.4 is 5.32 Å². The van der Waals surface area contributed by atoms with E-state index in [0.29, 0.717) is 11.8 Å². The second kappa shape index (κ2) is 5.13. The van der Waals surface area contributed by atoms with E-state index in [0.717, 1.165) is 30.0 Å². The minimum atomic E-state index is -0.227. The van der Waals surface area contributed by atoms with Gasteiger partial charge in [0.05, 0.1) is 6.20 Å². The van der Waals surface area contributed by atoms with Gasteiger partial charge in [0.15, 0.2) is 11.7 Å². The second-order valence-electron chi connectivity index (χ2n) is 5.06. The summed E-state index contributed by atoms with van der Waals surface area (Å²) in [5.41, 5.74) is 1.76. The van der Waals surface area contributed by atoms with Crippen molar-refractivity contribution < 1.29 is 8.81 Å². The van der Waals surface area contributed by atoms with Gasteiger partial charge in [-0.05, 0) is 43.5 Å². The fourth-order valence-corrected chi connectivity index (χ4v) is 2.12. The summed E-state index contributed by atoms with van der Waals surface area (Å²) in [6.45, 7) is 2.77. The first-order valence-electron chi connectivity index (χ1n) is 6.67. The van der Waals surface area contributed by atoms with Gasteiger partial charge in [-0.3, -0.25) is 0 Å². The third-order valence-corrected chi connectivity index (χ3v) is 3.36. The van der Waals surface area contributed by atoms with E-state index in [-0.39, 0.29) is 5.82 Å². The summed E-state index contributed by atoms with van der Waals surface area (Å²) >= 11 is 0. The fraction of sp³-hybridized carbons (Fsp3) is 0.400. The molecule has 0 spiro atoms. The van der Waals surface area contributed by atoms with Gasteiger partial charge in [-0.25, -0.2) is 9.37 Å². The van der Waals surface area contributed by atoms with Crippen LogP contribution in [0.5, 0.6) is 0 Å². The first-order valence-corrected chi connectivity index (χ1v) is 6.67. The summed E-state index contributed by atoms with van der Waals surface area (Å²) in [4.78, 5) is 4.27. The average molecular weight is 260 g/mol. The highest BCUT2D eigenvalue weighted by atomic mass is 19.1. The van der Waals surface area contributed by atoms with E-state index in [2.05, 4.69) is 10.3 Å². The van der Waals surface area contributed by atoms with E-state index in [1.807, 2.05) is 6.92 Å². The Bertz CT molecular complexity index is 575. The minimum absolute atomic E-state index is 0.227. The lowest BCUT2D eigenvalue weighted by Gasteiger charge is -2.02. The molecule has 1 aliphatic rings. The summed E-state index contributed by atoms with van der Waals surface area (Å²) in [5.74, 6) is 1.21. The van der Waals surface area contributed by atoms with E-state index in [9.17, 15) is 4.39 Å². The van der Waals surface area contributed by atoms with Crippen molar-refractivity contribution in [3.05, 3.63) is 41.7 Å². The van der Waals surface area contributed by atoms with E-state index < -0.39 is 0 Å². The molecule has 0 radical (unpaired) electrons. The quantitative estimate of drug-likeness (QED) is 0.897. The van der Waals surface area contributed by atoms with Crippen molar-refractivity contribution >= 4 is 0 Å². The molecule has 2 aromatic rings. The monoisotopic (exact) mass is 260 g/mol. The molecule has 0 bridgehead atoms. The van der Waals surface area contributed by atoms with Crippen LogP contribution in [0.1, 0.15) is 24.3 Å². The van der Waals surface area contributed by atoms with Crippen molar-refractivity contribution in [2.75, 3.05) is 6.54 Å². The Hall–Kier alpha value is -1.68. The maximum Gasteiger partial charge on any atom is 0.196 e. The largest absolute Gasteiger partial charge is 0.441 e. The third kappa shape index (κ3) is 3.01. The number of aryl methyl sites for hydroxylation is 1. The molecule has 3 nitrogen and oxygen atoms in total. The summed E-state index contributed by atoms with van der Waals surface area (Å²) < 4.78 is 18.8. The molecule has 1 aliphatic carbocycles. The molecule has 19 heavy (non-hydrogen) atoms. The Morgan fingerprint density at radius 3 is 3.00 bits per heavy atom. The van der Waals surface area contributed by atoms with Crippen molar-refractivity contribution in [2.24, 2.45) is 0 Å². The number of benzene rings is 1. The first kappa shape index (κ1) is 12.4. The van der Waals surface area contributed by atoms with Crippen LogP contribution in [0.15, 0.2) is 28.8 Å². The molecule has 0 saturated heterocycles. The summed E-state index contributed by atoms with van der Waals surface area (Å²) in [7, 11) is 0. The molecule has 3 rings (SSSR count). The molecule has 0 amide bonds. The molecule has 1 aromatic carbocycles. The van der Waals surface area contributed by atoms with Gasteiger partial charge in [-0.1, -0.05) is 0 Å². The van der Waals surface area contributed by atoms with E-state index >= 15 is 0 Å². The number of oxazole rings is 1. The molecule has 0 atom stereocenters. The number of aromatic nitrogens is 1. The van der Waals surface area contributed by atoms with E-state index in [1.165, 1.54) is 25.0 Å². The number of halogens is 1. The Labute approximate surface area is 111 Å². The maximum absolute atomic E-state index is 13.1. The van der Waals surface area contributed by atoms with Crippen LogP contribution in [-0.2, 0) is 6.42 Å². The Balaban J connectivity index is 1.68. The second-order valence-corrected chi connectivity index (χ2v) is 5.06. The fourth-order valence-electron chi connectivity index (χ4n) is 2.12. The Kier molecular flexibility index (Phi) is 3.34. The molecule has 100 valence electrons. The Morgan fingerprint density at radius 2 is 2.26 bits per heavy atom. The summed E-state index contributed by atoms with van der Waals surface area (Å²) in [6, 6.07) is 5.39. The van der Waals surface area contributed by atoms with Crippen molar-refractivity contribution in [1.29, 1.82) is 0 Å². The topological polar surface area (TPSA) is 38.1 Å². The molecule has 1 fully saturated rings. The van der Waals surface area contributed by atoms with Gasteiger partial charge < -0.3 is 9.73 Å². The van der Waals surface area contributed by atoms with Crippen LogP contribution in [0.4, 0.5) is 4.39 Å². The van der Waals surface area contributed by atoms with Gasteiger partial charge in [0.2, 0.25) is 0 Å². The van der Waals surface area contributed by atoms with Crippen LogP contribution in [0.3, 0.4) is 0 Å². The molecule has 1 N–H and O–H groups in total. The maximum atomic E-state index is 13.1. The molecule has 0 unspecified atom stereocenters. The highest BCUT2D eigenvalue weighted by molar-refractivity contribution is 5.60. The molecule has 0 aliphatic heterocycles. The summed E-state index contributed by atoms with van der Waals surface area (Å²) in [5, 5.41) is 3.42. The highest BCUT2D eigenvalue weighted by Gasteiger charge is 2.20. The van der Waals surface area contributed by atoms with Crippen LogP contribution in [0.25, 0.3) is 11.3 Å². The van der Waals surface area contributed by atoms with Crippen molar-refractivity contribution in [3.63, 3.8) is 0 Å². The van der Waals surface area contributed by atoms with Crippen LogP contribution >= 0.6 is 0 Å². The lowest BCUT2D eigenvalue weighted by molar-refractivity contribution is 0.494. The molecule has 1 saturated carbocycles. The normalized spacial score (nSPS) is 14.8. The molecule has 1 heterocycles. The van der Waals surface area contributed by atoms with Crippen molar-refractivity contribution in [1.82, 2.24) is 10.3 Å². The van der Waals surface area contributed by atoms with Crippen LogP contribution in [0.2, 0.25) is 0 Å². The number of nitrogens with zero attached hydrogens (tertiary/aromatic N) is 1. The number of hydrogen-bond donors (Lipinski definition) is 1. The van der Waals surface area contributed by atoms with Gasteiger partial charge in [0, 0.05) is 24.6 Å². The third-order valence-electron chi connectivity index (χ3n) is 3.36. The zero-order valence-corrected chi connectivity index (χ0v) is 10.9. The molecule has 1 aromatic heterocycles. The predicted molar refractivity (Wildman–Crippen MR) is 71.4 cm³/mol. The smallest absolute Gasteiger partial charge is 0.196 e. The Morgan fingerprint density at radius 1 is 1.42 bits per heavy atom. The molecular weight excluding hydrogens is 243 g/mol. The van der Waals surface area contributed by atoms with Gasteiger partial charge in [-0.15, -0.1) is 0 Å².